The molecule has 1 unspecified atom stereocenters. The molecule has 1 atom stereocenters. The summed E-state index contributed by atoms with van der Waals surface area (Å²) in [6, 6.07) is 0. The molecule has 0 amide bonds. The maximum atomic E-state index is 5.49. The number of hydrogen-bond donors (Lipinski definition) is 1. The van der Waals surface area contributed by atoms with Gasteiger partial charge in [0.05, 0.1) is 0 Å². The first-order chi connectivity index (χ1) is 7.76. The number of nitrogens with two attached hydrogens (primary N) is 1. The van der Waals surface area contributed by atoms with Crippen LogP contribution in [-0.4, -0.2) is 23.3 Å². The van der Waals surface area contributed by atoms with Gasteiger partial charge in [0.2, 0.25) is 5.89 Å². The third-order valence-electron chi connectivity index (χ3n) is 2.46. The Morgan fingerprint density at radius 1 is 1.44 bits per heavy atom. The highest BCUT2D eigenvalue weighted by molar-refractivity contribution is 4.84. The van der Waals surface area contributed by atoms with Crippen LogP contribution in [0.1, 0.15) is 38.4 Å². The molecule has 0 aliphatic heterocycles. The quantitative estimate of drug-likeness (QED) is 0.729. The number of ether oxygens (including phenoxy) is 1. The molecular weight excluding hydrogens is 206 g/mol. The lowest BCUT2D eigenvalue weighted by Crippen LogP contribution is -2.06. The van der Waals surface area contributed by atoms with E-state index < -0.39 is 0 Å². The number of hydrogen-bond acceptors (Lipinski definition) is 5. The molecule has 0 aromatic carbocycles. The minimum Gasteiger partial charge on any atom is -0.374 e. The second-order valence-electron chi connectivity index (χ2n) is 3.96. The normalized spacial score (nSPS) is 12.9. The molecule has 0 saturated heterocycles. The predicted molar refractivity (Wildman–Crippen MR) is 60.8 cm³/mol. The van der Waals surface area contributed by atoms with Crippen LogP contribution in [0.4, 0.5) is 0 Å². The average Bonchev–Trinajstić information content (AvgIpc) is 2.72. The van der Waals surface area contributed by atoms with E-state index in [0.29, 0.717) is 30.8 Å². The predicted octanol–water partition coefficient (Wildman–Crippen LogP) is 1.52. The van der Waals surface area contributed by atoms with E-state index in [1.54, 1.807) is 0 Å². The van der Waals surface area contributed by atoms with Crippen LogP contribution >= 0.6 is 0 Å². The molecule has 0 fully saturated rings. The summed E-state index contributed by atoms with van der Waals surface area (Å²) in [5.41, 5.74) is 5.49. The lowest BCUT2D eigenvalue weighted by molar-refractivity contribution is 0.126. The Kier molecular flexibility index (Phi) is 6.03. The summed E-state index contributed by atoms with van der Waals surface area (Å²) in [5, 5.41) is 3.84. The first kappa shape index (κ1) is 13.1. The Bertz CT molecular complexity index is 289. The Morgan fingerprint density at radius 2 is 2.25 bits per heavy atom. The average molecular weight is 227 g/mol. The third kappa shape index (κ3) is 4.72. The van der Waals surface area contributed by atoms with Crippen molar-refractivity contribution in [3.8, 4) is 0 Å². The van der Waals surface area contributed by atoms with Gasteiger partial charge in [0.25, 0.3) is 0 Å². The molecule has 0 spiro atoms. The zero-order chi connectivity index (χ0) is 11.8. The van der Waals surface area contributed by atoms with Crippen LogP contribution in [0.2, 0.25) is 0 Å². The molecule has 92 valence electrons. The van der Waals surface area contributed by atoms with Gasteiger partial charge in [-0.15, -0.1) is 0 Å². The second kappa shape index (κ2) is 7.35. The SMILES string of the molecule is CCOCc1noc(CCC(C)CCN)n1. The summed E-state index contributed by atoms with van der Waals surface area (Å²) in [6.07, 6.45) is 2.90. The van der Waals surface area contributed by atoms with Crippen molar-refractivity contribution in [1.29, 1.82) is 0 Å². The second-order valence-corrected chi connectivity index (χ2v) is 3.96. The van der Waals surface area contributed by atoms with Crippen molar-refractivity contribution in [2.75, 3.05) is 13.2 Å². The van der Waals surface area contributed by atoms with Gasteiger partial charge >= 0.3 is 0 Å². The van der Waals surface area contributed by atoms with Crippen LogP contribution in [0.25, 0.3) is 0 Å². The van der Waals surface area contributed by atoms with Crippen molar-refractivity contribution in [3.63, 3.8) is 0 Å². The fourth-order valence-electron chi connectivity index (χ4n) is 1.44. The van der Waals surface area contributed by atoms with Crippen LogP contribution in [0.5, 0.6) is 0 Å². The fraction of sp³-hybridized carbons (Fsp3) is 0.818. The minimum atomic E-state index is 0.429. The molecule has 16 heavy (non-hydrogen) atoms. The van der Waals surface area contributed by atoms with Gasteiger partial charge in [-0.25, -0.2) is 0 Å². The zero-order valence-corrected chi connectivity index (χ0v) is 10.1. The van der Waals surface area contributed by atoms with Crippen molar-refractivity contribution in [2.45, 2.75) is 39.7 Å². The van der Waals surface area contributed by atoms with E-state index in [0.717, 1.165) is 25.8 Å². The number of aryl methyl sites for hydroxylation is 1. The molecule has 1 heterocycles. The van der Waals surface area contributed by atoms with Crippen LogP contribution in [0.15, 0.2) is 4.52 Å². The molecule has 0 aliphatic rings. The van der Waals surface area contributed by atoms with Crippen molar-refractivity contribution in [2.24, 2.45) is 11.7 Å². The summed E-state index contributed by atoms with van der Waals surface area (Å²) in [5.74, 6) is 1.93. The van der Waals surface area contributed by atoms with Crippen molar-refractivity contribution in [3.05, 3.63) is 11.7 Å². The van der Waals surface area contributed by atoms with Gasteiger partial charge in [-0.3, -0.25) is 0 Å². The van der Waals surface area contributed by atoms with E-state index in [4.69, 9.17) is 15.0 Å². The van der Waals surface area contributed by atoms with Crippen molar-refractivity contribution < 1.29 is 9.26 Å². The Morgan fingerprint density at radius 3 is 2.94 bits per heavy atom. The molecule has 1 aromatic rings. The lowest BCUT2D eigenvalue weighted by Gasteiger charge is -2.06. The minimum absolute atomic E-state index is 0.429. The molecule has 0 radical (unpaired) electrons. The van der Waals surface area contributed by atoms with E-state index in [-0.39, 0.29) is 0 Å². The Hall–Kier alpha value is -0.940. The van der Waals surface area contributed by atoms with Gasteiger partial charge in [0.15, 0.2) is 5.82 Å². The molecule has 5 heteroatoms. The molecule has 1 rings (SSSR count). The maximum absolute atomic E-state index is 5.49. The monoisotopic (exact) mass is 227 g/mol. The van der Waals surface area contributed by atoms with E-state index in [2.05, 4.69) is 17.1 Å². The van der Waals surface area contributed by atoms with E-state index in [1.807, 2.05) is 6.92 Å². The Balaban J connectivity index is 2.28. The summed E-state index contributed by atoms with van der Waals surface area (Å²) in [6.45, 7) is 5.95. The van der Waals surface area contributed by atoms with Crippen molar-refractivity contribution >= 4 is 0 Å². The zero-order valence-electron chi connectivity index (χ0n) is 10.1. The molecular formula is C11H21N3O2. The van der Waals surface area contributed by atoms with Crippen LogP contribution in [0.3, 0.4) is 0 Å². The van der Waals surface area contributed by atoms with Gasteiger partial charge < -0.3 is 15.0 Å². The standard InChI is InChI=1S/C11H21N3O2/c1-3-15-8-10-13-11(16-14-10)5-4-9(2)6-7-12/h9H,3-8,12H2,1-2H3. The number of aromatic nitrogens is 2. The van der Waals surface area contributed by atoms with Crippen LogP contribution in [-0.2, 0) is 17.8 Å². The van der Waals surface area contributed by atoms with Crippen molar-refractivity contribution in [1.82, 2.24) is 10.1 Å². The third-order valence-corrected chi connectivity index (χ3v) is 2.46. The summed E-state index contributed by atoms with van der Waals surface area (Å²) in [7, 11) is 0. The summed E-state index contributed by atoms with van der Waals surface area (Å²) < 4.78 is 10.3. The molecule has 0 saturated carbocycles. The molecule has 0 bridgehead atoms. The molecule has 1 aromatic heterocycles. The van der Waals surface area contributed by atoms with Gasteiger partial charge in [0.1, 0.15) is 6.61 Å². The highest BCUT2D eigenvalue weighted by Crippen LogP contribution is 2.11. The summed E-state index contributed by atoms with van der Waals surface area (Å²) >= 11 is 0. The van der Waals surface area contributed by atoms with Gasteiger partial charge in [-0.2, -0.15) is 4.98 Å². The highest BCUT2D eigenvalue weighted by atomic mass is 16.5. The topological polar surface area (TPSA) is 74.2 Å². The maximum Gasteiger partial charge on any atom is 0.226 e. The molecule has 0 aliphatic carbocycles. The van der Waals surface area contributed by atoms with E-state index in [9.17, 15) is 0 Å². The first-order valence-electron chi connectivity index (χ1n) is 5.85. The number of rotatable bonds is 8. The van der Waals surface area contributed by atoms with Gasteiger partial charge in [-0.05, 0) is 32.2 Å². The fourth-order valence-corrected chi connectivity index (χ4v) is 1.44. The van der Waals surface area contributed by atoms with Gasteiger partial charge in [-0.1, -0.05) is 12.1 Å². The largest absolute Gasteiger partial charge is 0.374 e. The van der Waals surface area contributed by atoms with Crippen LogP contribution < -0.4 is 5.73 Å². The van der Waals surface area contributed by atoms with E-state index in [1.165, 1.54) is 0 Å². The van der Waals surface area contributed by atoms with Gasteiger partial charge in [0, 0.05) is 13.0 Å². The lowest BCUT2D eigenvalue weighted by atomic mass is 10.0. The highest BCUT2D eigenvalue weighted by Gasteiger charge is 2.08. The molecule has 5 nitrogen and oxygen atoms in total. The molecule has 2 N–H and O–H groups in total. The van der Waals surface area contributed by atoms with E-state index >= 15 is 0 Å². The summed E-state index contributed by atoms with van der Waals surface area (Å²) in [4.78, 5) is 4.25. The van der Waals surface area contributed by atoms with Crippen LogP contribution in [0, 0.1) is 5.92 Å². The number of nitrogens with zero attached hydrogens (tertiary/aromatic N) is 2. The Labute approximate surface area is 96.4 Å². The first-order valence-corrected chi connectivity index (χ1v) is 5.85. The smallest absolute Gasteiger partial charge is 0.226 e.